The van der Waals surface area contributed by atoms with Crippen LogP contribution in [0.5, 0.6) is 0 Å². The molecule has 0 spiro atoms. The molecule has 1 aromatic carbocycles. The molecule has 1 aromatic rings. The average molecular weight is 498 g/mol. The summed E-state index contributed by atoms with van der Waals surface area (Å²) in [4.78, 5) is 42.1. The zero-order chi connectivity index (χ0) is 27.0. The van der Waals surface area contributed by atoms with Crippen molar-refractivity contribution in [1.82, 2.24) is 15.5 Å². The van der Waals surface area contributed by atoms with Crippen LogP contribution in [0.25, 0.3) is 0 Å². The van der Waals surface area contributed by atoms with Crippen molar-refractivity contribution >= 4 is 17.9 Å². The third-order valence-electron chi connectivity index (χ3n) is 6.14. The third kappa shape index (κ3) is 8.29. The number of amides is 3. The van der Waals surface area contributed by atoms with Crippen LogP contribution in [0.2, 0.25) is 0 Å². The highest BCUT2D eigenvalue weighted by molar-refractivity contribution is 5.93. The van der Waals surface area contributed by atoms with Gasteiger partial charge in [0.25, 0.3) is 0 Å². The zero-order valence-electron chi connectivity index (χ0n) is 22.9. The second-order valence-electron chi connectivity index (χ2n) is 11.1. The van der Waals surface area contributed by atoms with Crippen LogP contribution in [-0.4, -0.2) is 47.0 Å². The van der Waals surface area contributed by atoms with Crippen molar-refractivity contribution < 1.29 is 19.1 Å². The van der Waals surface area contributed by atoms with Crippen molar-refractivity contribution in [2.24, 2.45) is 11.8 Å². The van der Waals surface area contributed by atoms with E-state index in [0.29, 0.717) is 24.1 Å². The highest BCUT2D eigenvalue weighted by Crippen LogP contribution is 2.41. The highest BCUT2D eigenvalue weighted by Gasteiger charge is 2.48. The van der Waals surface area contributed by atoms with Crippen LogP contribution in [0, 0.1) is 24.2 Å². The maximum Gasteiger partial charge on any atom is 0.408 e. The Kier molecular flexibility index (Phi) is 10.4. The minimum absolute atomic E-state index is 0.125. The van der Waals surface area contributed by atoms with E-state index in [0.717, 1.165) is 19.3 Å². The van der Waals surface area contributed by atoms with Crippen LogP contribution in [0.15, 0.2) is 24.3 Å². The first-order valence-electron chi connectivity index (χ1n) is 13.0. The number of carbonyl (C=O) groups excluding carboxylic acids is 3. The molecule has 0 aromatic heterocycles. The summed E-state index contributed by atoms with van der Waals surface area (Å²) < 4.78 is 5.44. The predicted octanol–water partition coefficient (Wildman–Crippen LogP) is 4.80. The topological polar surface area (TPSA) is 87.7 Å². The highest BCUT2D eigenvalue weighted by atomic mass is 16.6. The fourth-order valence-corrected chi connectivity index (χ4v) is 4.26. The molecule has 1 fully saturated rings. The van der Waals surface area contributed by atoms with Gasteiger partial charge in [-0.15, -0.1) is 6.42 Å². The van der Waals surface area contributed by atoms with E-state index in [4.69, 9.17) is 11.2 Å². The first-order chi connectivity index (χ1) is 16.9. The van der Waals surface area contributed by atoms with E-state index in [9.17, 15) is 14.4 Å². The Balaban J connectivity index is 2.51. The third-order valence-corrected chi connectivity index (χ3v) is 6.14. The number of carbonyl (C=O) groups is 3. The summed E-state index contributed by atoms with van der Waals surface area (Å²) in [5.74, 6) is 2.47. The number of ether oxygens (including phenoxy) is 1. The second kappa shape index (κ2) is 12.8. The van der Waals surface area contributed by atoms with Gasteiger partial charge in [-0.05, 0) is 63.5 Å². The Hall–Kier alpha value is -3.01. The van der Waals surface area contributed by atoms with Gasteiger partial charge in [0, 0.05) is 18.2 Å². The van der Waals surface area contributed by atoms with Gasteiger partial charge in [0.2, 0.25) is 11.8 Å². The number of hydrogen-bond donors (Lipinski definition) is 2. The Bertz CT molecular complexity index is 960. The molecule has 1 aliphatic rings. The lowest BCUT2D eigenvalue weighted by Crippen LogP contribution is -2.54. The molecule has 4 unspecified atom stereocenters. The van der Waals surface area contributed by atoms with E-state index in [1.54, 1.807) is 31.7 Å². The summed E-state index contributed by atoms with van der Waals surface area (Å²) in [5.41, 5.74) is 0.481. The molecule has 2 N–H and O–H groups in total. The van der Waals surface area contributed by atoms with E-state index in [2.05, 4.69) is 30.4 Å². The number of rotatable bonds is 11. The molecule has 4 atom stereocenters. The van der Waals surface area contributed by atoms with Crippen molar-refractivity contribution in [3.8, 4) is 12.3 Å². The molecule has 0 radical (unpaired) electrons. The number of hydrogen-bond acceptors (Lipinski definition) is 4. The molecule has 3 amide bonds. The number of nitrogens with one attached hydrogen (secondary N) is 2. The van der Waals surface area contributed by atoms with Crippen LogP contribution in [0.4, 0.5) is 4.79 Å². The number of terminal acetylenes is 1. The predicted molar refractivity (Wildman–Crippen MR) is 142 cm³/mol. The molecule has 0 aliphatic heterocycles. The van der Waals surface area contributed by atoms with Gasteiger partial charge in [0.05, 0.1) is 0 Å². The number of benzene rings is 1. The van der Waals surface area contributed by atoms with Gasteiger partial charge in [-0.25, -0.2) is 4.79 Å². The molecule has 7 heteroatoms. The van der Waals surface area contributed by atoms with Gasteiger partial charge in [0.1, 0.15) is 17.7 Å². The lowest BCUT2D eigenvalue weighted by atomic mass is 9.95. The maximum absolute atomic E-state index is 14.2. The molecule has 1 saturated carbocycles. The quantitative estimate of drug-likeness (QED) is 0.340. The van der Waals surface area contributed by atoms with Crippen molar-refractivity contribution in [1.29, 1.82) is 0 Å². The van der Waals surface area contributed by atoms with Gasteiger partial charge in [-0.2, -0.15) is 0 Å². The van der Waals surface area contributed by atoms with Crippen LogP contribution >= 0.6 is 0 Å². The molecule has 0 heterocycles. The monoisotopic (exact) mass is 497 g/mol. The zero-order valence-corrected chi connectivity index (χ0v) is 22.9. The smallest absolute Gasteiger partial charge is 0.408 e. The molecule has 7 nitrogen and oxygen atoms in total. The van der Waals surface area contributed by atoms with Crippen molar-refractivity contribution in [2.75, 3.05) is 6.54 Å². The van der Waals surface area contributed by atoms with Crippen molar-refractivity contribution in [3.63, 3.8) is 0 Å². The van der Waals surface area contributed by atoms with Crippen LogP contribution < -0.4 is 10.6 Å². The molecule has 0 bridgehead atoms. The van der Waals surface area contributed by atoms with Crippen LogP contribution in [0.3, 0.4) is 0 Å². The standard InChI is InChI=1S/C29H43N3O4/c1-9-11-16-30-26(33)25(22-15-13-12-14-21(22)10-2)32(24-18-20(24)5)27(34)23(17-19(3)4)31-28(35)36-29(6,7)8/h2,12-15,19-20,23-25H,9,11,16-18H2,1,3-8H3,(H,30,33)(H,31,35). The second-order valence-corrected chi connectivity index (χ2v) is 11.1. The van der Waals surface area contributed by atoms with Gasteiger partial charge >= 0.3 is 6.09 Å². The SMILES string of the molecule is C#Cc1ccccc1C(C(=O)NCCCC)N(C(=O)C(CC(C)C)NC(=O)OC(C)(C)C)C1CC1C. The summed E-state index contributed by atoms with van der Waals surface area (Å²) in [6.07, 6.45) is 8.10. The number of nitrogens with zero attached hydrogens (tertiary/aromatic N) is 1. The minimum atomic E-state index is -0.897. The Morgan fingerprint density at radius 3 is 2.39 bits per heavy atom. The fraction of sp³-hybridized carbons (Fsp3) is 0.621. The van der Waals surface area contributed by atoms with Crippen LogP contribution in [-0.2, 0) is 14.3 Å². The van der Waals surface area contributed by atoms with Gasteiger partial charge < -0.3 is 20.3 Å². The van der Waals surface area contributed by atoms with E-state index < -0.39 is 23.8 Å². The average Bonchev–Trinajstić information content (AvgIpc) is 3.50. The molecule has 36 heavy (non-hydrogen) atoms. The van der Waals surface area contributed by atoms with Crippen LogP contribution in [0.1, 0.15) is 91.3 Å². The van der Waals surface area contributed by atoms with Gasteiger partial charge in [-0.1, -0.05) is 58.2 Å². The summed E-state index contributed by atoms with van der Waals surface area (Å²) >= 11 is 0. The molecule has 198 valence electrons. The Morgan fingerprint density at radius 2 is 1.86 bits per heavy atom. The van der Waals surface area contributed by atoms with Gasteiger partial charge in [-0.3, -0.25) is 9.59 Å². The first kappa shape index (κ1) is 29.2. The molecule has 2 rings (SSSR count). The summed E-state index contributed by atoms with van der Waals surface area (Å²) in [6, 6.07) is 5.38. The molecular weight excluding hydrogens is 454 g/mol. The maximum atomic E-state index is 14.2. The lowest BCUT2D eigenvalue weighted by molar-refractivity contribution is -0.143. The largest absolute Gasteiger partial charge is 0.444 e. The number of alkyl carbamates (subject to hydrolysis) is 1. The van der Waals surface area contributed by atoms with E-state index in [1.807, 2.05) is 32.0 Å². The minimum Gasteiger partial charge on any atom is -0.444 e. The summed E-state index contributed by atoms with van der Waals surface area (Å²) in [6.45, 7) is 13.9. The molecule has 1 aliphatic carbocycles. The lowest BCUT2D eigenvalue weighted by Gasteiger charge is -2.36. The first-order valence-corrected chi connectivity index (χ1v) is 13.0. The van der Waals surface area contributed by atoms with E-state index in [1.165, 1.54) is 0 Å². The van der Waals surface area contributed by atoms with Crippen molar-refractivity contribution in [3.05, 3.63) is 35.4 Å². The fourth-order valence-electron chi connectivity index (χ4n) is 4.26. The Labute approximate surface area is 216 Å². The van der Waals surface area contributed by atoms with E-state index in [-0.39, 0.29) is 29.7 Å². The molecular formula is C29H43N3O4. The van der Waals surface area contributed by atoms with E-state index >= 15 is 0 Å². The Morgan fingerprint density at radius 1 is 1.22 bits per heavy atom. The van der Waals surface area contributed by atoms with Gasteiger partial charge in [0.15, 0.2) is 0 Å². The number of unbranched alkanes of at least 4 members (excludes halogenated alkanes) is 1. The summed E-state index contributed by atoms with van der Waals surface area (Å²) in [5, 5.41) is 5.79. The summed E-state index contributed by atoms with van der Waals surface area (Å²) in [7, 11) is 0. The van der Waals surface area contributed by atoms with Crippen molar-refractivity contribution in [2.45, 2.75) is 97.9 Å². The molecule has 0 saturated heterocycles. The normalized spacial score (nSPS) is 18.5.